The quantitative estimate of drug-likeness (QED) is 0.423. The highest BCUT2D eigenvalue weighted by Gasteiger charge is 2.18. The van der Waals surface area contributed by atoms with E-state index in [1.807, 2.05) is 30.3 Å². The normalized spacial score (nSPS) is 10.1. The predicted octanol–water partition coefficient (Wildman–Crippen LogP) is 3.77. The summed E-state index contributed by atoms with van der Waals surface area (Å²) in [5, 5.41) is 8.44. The first-order chi connectivity index (χ1) is 16.5. The number of hydrogen-bond donors (Lipinski definition) is 3. The molecule has 0 aromatic heterocycles. The average Bonchev–Trinajstić information content (AvgIpc) is 2.87. The van der Waals surface area contributed by atoms with Crippen LogP contribution < -0.4 is 30.2 Å². The van der Waals surface area contributed by atoms with Crippen LogP contribution in [0.2, 0.25) is 0 Å². The van der Waals surface area contributed by atoms with Crippen molar-refractivity contribution in [2.24, 2.45) is 0 Å². The molecule has 0 aliphatic rings. The summed E-state index contributed by atoms with van der Waals surface area (Å²) >= 11 is 5.31. The maximum absolute atomic E-state index is 12.8. The lowest BCUT2D eigenvalue weighted by molar-refractivity contribution is 0.0950. The number of rotatable bonds is 8. The lowest BCUT2D eigenvalue weighted by Gasteiger charge is -2.15. The monoisotopic (exact) mass is 479 g/mol. The molecule has 0 saturated heterocycles. The second-order valence-electron chi connectivity index (χ2n) is 7.04. The van der Waals surface area contributed by atoms with Gasteiger partial charge in [-0.15, -0.1) is 0 Å². The van der Waals surface area contributed by atoms with Crippen molar-refractivity contribution in [3.63, 3.8) is 0 Å². The van der Waals surface area contributed by atoms with Crippen LogP contribution in [0.1, 0.15) is 26.3 Å². The number of anilines is 1. The largest absolute Gasteiger partial charge is 0.493 e. The minimum Gasteiger partial charge on any atom is -0.493 e. The van der Waals surface area contributed by atoms with Crippen LogP contribution in [0.15, 0.2) is 66.7 Å². The van der Waals surface area contributed by atoms with Crippen molar-refractivity contribution < 1.29 is 23.8 Å². The maximum atomic E-state index is 12.8. The van der Waals surface area contributed by atoms with Gasteiger partial charge < -0.3 is 24.8 Å². The molecule has 0 fully saturated rings. The van der Waals surface area contributed by atoms with Gasteiger partial charge in [0.15, 0.2) is 16.6 Å². The molecule has 0 heterocycles. The van der Waals surface area contributed by atoms with Crippen molar-refractivity contribution in [3.8, 4) is 17.2 Å². The smallest absolute Gasteiger partial charge is 0.257 e. The Balaban J connectivity index is 1.69. The average molecular weight is 480 g/mol. The van der Waals surface area contributed by atoms with E-state index in [-0.39, 0.29) is 16.6 Å². The number of para-hydroxylation sites is 1. The zero-order valence-electron chi connectivity index (χ0n) is 19.0. The van der Waals surface area contributed by atoms with Crippen molar-refractivity contribution in [1.29, 1.82) is 0 Å². The number of amides is 2. The Morgan fingerprint density at radius 3 is 2.06 bits per heavy atom. The van der Waals surface area contributed by atoms with Crippen LogP contribution in [-0.4, -0.2) is 38.3 Å². The predicted molar refractivity (Wildman–Crippen MR) is 134 cm³/mol. The lowest BCUT2D eigenvalue weighted by Crippen LogP contribution is -2.35. The van der Waals surface area contributed by atoms with E-state index in [1.165, 1.54) is 33.5 Å². The van der Waals surface area contributed by atoms with E-state index in [2.05, 4.69) is 16.0 Å². The Morgan fingerprint density at radius 2 is 1.44 bits per heavy atom. The number of nitrogens with one attached hydrogen (secondary N) is 3. The van der Waals surface area contributed by atoms with Crippen LogP contribution in [0.5, 0.6) is 17.2 Å². The summed E-state index contributed by atoms with van der Waals surface area (Å²) in [5.41, 5.74) is 2.09. The molecule has 34 heavy (non-hydrogen) atoms. The molecule has 9 heteroatoms. The molecule has 2 amide bonds. The van der Waals surface area contributed by atoms with Gasteiger partial charge in [0.2, 0.25) is 5.75 Å². The standard InChI is InChI=1S/C25H25N3O5S/c1-31-20-13-17(14-21(32-2)22(20)33-3)23(29)28-25(34)27-19-12-8-7-11-18(19)24(30)26-15-16-9-5-4-6-10-16/h4-14H,15H2,1-3H3,(H,26,30)(H2,27,28,29,34). The van der Waals surface area contributed by atoms with E-state index < -0.39 is 5.91 Å². The minimum absolute atomic E-state index is 0.0297. The third-order valence-electron chi connectivity index (χ3n) is 4.87. The minimum atomic E-state index is -0.484. The molecule has 176 valence electrons. The van der Waals surface area contributed by atoms with Crippen molar-refractivity contribution in [2.75, 3.05) is 26.6 Å². The van der Waals surface area contributed by atoms with Gasteiger partial charge in [0.25, 0.3) is 11.8 Å². The molecule has 0 aliphatic carbocycles. The first-order valence-corrected chi connectivity index (χ1v) is 10.7. The summed E-state index contributed by atoms with van der Waals surface area (Å²) in [6.07, 6.45) is 0. The van der Waals surface area contributed by atoms with E-state index in [4.69, 9.17) is 26.4 Å². The molecule has 0 aliphatic heterocycles. The fraction of sp³-hybridized carbons (Fsp3) is 0.160. The highest BCUT2D eigenvalue weighted by atomic mass is 32.1. The summed E-state index contributed by atoms with van der Waals surface area (Å²) in [5.74, 6) is 0.295. The molecule has 0 spiro atoms. The SMILES string of the molecule is COc1cc(C(=O)NC(=S)Nc2ccccc2C(=O)NCc2ccccc2)cc(OC)c1OC. The first-order valence-electron chi connectivity index (χ1n) is 10.3. The van der Waals surface area contributed by atoms with Gasteiger partial charge in [-0.25, -0.2) is 0 Å². The third kappa shape index (κ3) is 6.02. The van der Waals surface area contributed by atoms with Crippen LogP contribution in [-0.2, 0) is 6.54 Å². The van der Waals surface area contributed by atoms with E-state index >= 15 is 0 Å². The summed E-state index contributed by atoms with van der Waals surface area (Å²) in [7, 11) is 4.41. The van der Waals surface area contributed by atoms with Gasteiger partial charge >= 0.3 is 0 Å². The molecule has 3 rings (SSSR count). The fourth-order valence-corrected chi connectivity index (χ4v) is 3.41. The molecule has 8 nitrogen and oxygen atoms in total. The summed E-state index contributed by atoms with van der Waals surface area (Å²) in [4.78, 5) is 25.5. The Kier molecular flexibility index (Phi) is 8.42. The van der Waals surface area contributed by atoms with Crippen LogP contribution in [0, 0.1) is 0 Å². The fourth-order valence-electron chi connectivity index (χ4n) is 3.20. The van der Waals surface area contributed by atoms with Gasteiger partial charge in [-0.3, -0.25) is 14.9 Å². The van der Waals surface area contributed by atoms with Crippen LogP contribution in [0.3, 0.4) is 0 Å². The number of carbonyl (C=O) groups is 2. The van der Waals surface area contributed by atoms with E-state index in [9.17, 15) is 9.59 Å². The summed E-state index contributed by atoms with van der Waals surface area (Å²) in [6.45, 7) is 0.385. The van der Waals surface area contributed by atoms with E-state index in [0.29, 0.717) is 35.0 Å². The Bertz CT molecular complexity index is 1160. The number of hydrogen-bond acceptors (Lipinski definition) is 6. The Morgan fingerprint density at radius 1 is 0.824 bits per heavy atom. The third-order valence-corrected chi connectivity index (χ3v) is 5.07. The Hall–Kier alpha value is -4.11. The topological polar surface area (TPSA) is 97.9 Å². The molecule has 0 saturated carbocycles. The molecule has 0 radical (unpaired) electrons. The second kappa shape index (κ2) is 11.7. The number of benzene rings is 3. The highest BCUT2D eigenvalue weighted by Crippen LogP contribution is 2.38. The van der Waals surface area contributed by atoms with Crippen molar-refractivity contribution in [1.82, 2.24) is 10.6 Å². The van der Waals surface area contributed by atoms with Crippen LogP contribution in [0.4, 0.5) is 5.69 Å². The van der Waals surface area contributed by atoms with Crippen molar-refractivity contribution in [2.45, 2.75) is 6.54 Å². The number of carbonyl (C=O) groups excluding carboxylic acids is 2. The van der Waals surface area contributed by atoms with Gasteiger partial charge in [-0.2, -0.15) is 0 Å². The van der Waals surface area contributed by atoms with Crippen LogP contribution >= 0.6 is 12.2 Å². The second-order valence-corrected chi connectivity index (χ2v) is 7.44. The molecule has 0 bridgehead atoms. The first kappa shape index (κ1) is 24.5. The maximum Gasteiger partial charge on any atom is 0.257 e. The van der Waals surface area contributed by atoms with E-state index in [1.54, 1.807) is 24.3 Å². The summed E-state index contributed by atoms with van der Waals surface area (Å²) < 4.78 is 15.9. The van der Waals surface area contributed by atoms with E-state index in [0.717, 1.165) is 5.56 Å². The van der Waals surface area contributed by atoms with Gasteiger partial charge in [-0.05, 0) is 42.0 Å². The molecule has 0 unspecified atom stereocenters. The van der Waals surface area contributed by atoms with Gasteiger partial charge in [-0.1, -0.05) is 42.5 Å². The van der Waals surface area contributed by atoms with Crippen molar-refractivity contribution in [3.05, 3.63) is 83.4 Å². The molecule has 3 aromatic carbocycles. The molecule has 0 atom stereocenters. The highest BCUT2D eigenvalue weighted by molar-refractivity contribution is 7.80. The summed E-state index contributed by atoms with van der Waals surface area (Å²) in [6, 6.07) is 19.5. The number of methoxy groups -OCH3 is 3. The van der Waals surface area contributed by atoms with Gasteiger partial charge in [0.05, 0.1) is 32.6 Å². The van der Waals surface area contributed by atoms with Crippen molar-refractivity contribution >= 4 is 34.8 Å². The van der Waals surface area contributed by atoms with Gasteiger partial charge in [0.1, 0.15) is 0 Å². The molecular weight excluding hydrogens is 454 g/mol. The van der Waals surface area contributed by atoms with Gasteiger partial charge in [0, 0.05) is 12.1 Å². The number of ether oxygens (including phenoxy) is 3. The molecular formula is C25H25N3O5S. The number of thiocarbonyl (C=S) groups is 1. The van der Waals surface area contributed by atoms with Crippen LogP contribution in [0.25, 0.3) is 0 Å². The molecule has 3 aromatic rings. The Labute approximate surface area is 203 Å². The lowest BCUT2D eigenvalue weighted by atomic mass is 10.1. The zero-order chi connectivity index (χ0) is 24.5. The zero-order valence-corrected chi connectivity index (χ0v) is 19.8. The molecule has 3 N–H and O–H groups in total.